The summed E-state index contributed by atoms with van der Waals surface area (Å²) >= 11 is 3.28. The van der Waals surface area contributed by atoms with Gasteiger partial charge in [0.2, 0.25) is 0 Å². The average molecular weight is 476 g/mol. The Balaban J connectivity index is 1.80. The maximum Gasteiger partial charge on any atom is 0.270 e. The predicted molar refractivity (Wildman–Crippen MR) is 112 cm³/mol. The number of anilines is 2. The summed E-state index contributed by atoms with van der Waals surface area (Å²) in [5, 5.41) is 13.4. The largest absolute Gasteiger partial charge is 0.322 e. The minimum absolute atomic E-state index is 0.0442. The molecule has 3 aromatic carbocycles. The van der Waals surface area contributed by atoms with Gasteiger partial charge in [-0.25, -0.2) is 8.42 Å². The van der Waals surface area contributed by atoms with Gasteiger partial charge in [0, 0.05) is 33.5 Å². The number of rotatable bonds is 6. The molecule has 0 saturated carbocycles. The Labute approximate surface area is 174 Å². The number of nitrogens with one attached hydrogen (secondary N) is 2. The van der Waals surface area contributed by atoms with Crippen LogP contribution in [-0.4, -0.2) is 19.2 Å². The van der Waals surface area contributed by atoms with Gasteiger partial charge in [-0.05, 0) is 48.5 Å². The Morgan fingerprint density at radius 2 is 1.62 bits per heavy atom. The molecule has 8 nitrogen and oxygen atoms in total. The van der Waals surface area contributed by atoms with Crippen molar-refractivity contribution in [1.29, 1.82) is 0 Å². The number of amides is 1. The van der Waals surface area contributed by atoms with E-state index < -0.39 is 20.9 Å². The first kappa shape index (κ1) is 20.5. The first-order chi connectivity index (χ1) is 13.7. The van der Waals surface area contributed by atoms with Gasteiger partial charge < -0.3 is 5.32 Å². The maximum atomic E-state index is 12.6. The minimum Gasteiger partial charge on any atom is -0.322 e. The van der Waals surface area contributed by atoms with Crippen molar-refractivity contribution in [1.82, 2.24) is 0 Å². The highest BCUT2D eigenvalue weighted by atomic mass is 79.9. The van der Waals surface area contributed by atoms with Crippen LogP contribution in [0.3, 0.4) is 0 Å². The smallest absolute Gasteiger partial charge is 0.270 e. The average Bonchev–Trinajstić information content (AvgIpc) is 2.70. The lowest BCUT2D eigenvalue weighted by molar-refractivity contribution is -0.384. The molecular formula is C19H14BrN3O5S. The lowest BCUT2D eigenvalue weighted by Crippen LogP contribution is -2.15. The summed E-state index contributed by atoms with van der Waals surface area (Å²) in [6.45, 7) is 0. The molecule has 3 aromatic rings. The number of nitro groups is 1. The summed E-state index contributed by atoms with van der Waals surface area (Å²) in [5.74, 6) is -0.593. The first-order valence-corrected chi connectivity index (χ1v) is 10.5. The van der Waals surface area contributed by atoms with Crippen molar-refractivity contribution in [3.05, 3.63) is 92.9 Å². The van der Waals surface area contributed by atoms with Crippen LogP contribution in [0.15, 0.2) is 82.2 Å². The van der Waals surface area contributed by atoms with Gasteiger partial charge in [-0.1, -0.05) is 28.1 Å². The molecule has 0 unspecified atom stereocenters. The van der Waals surface area contributed by atoms with Crippen LogP contribution in [-0.2, 0) is 10.0 Å². The predicted octanol–water partition coefficient (Wildman–Crippen LogP) is 4.41. The Morgan fingerprint density at radius 1 is 0.931 bits per heavy atom. The van der Waals surface area contributed by atoms with Gasteiger partial charge in [0.15, 0.2) is 0 Å². The van der Waals surface area contributed by atoms with Crippen LogP contribution in [0.4, 0.5) is 17.1 Å². The number of nitrogens with zero attached hydrogens (tertiary/aromatic N) is 1. The standard InChI is InChI=1S/C19H14BrN3O5S/c20-14-7-9-15(10-8-14)22-29(27,28)18-6-2-4-16(12-18)21-19(24)13-3-1-5-17(11-13)23(25)26/h1-12,22H,(H,21,24). The molecule has 0 saturated heterocycles. The highest BCUT2D eigenvalue weighted by molar-refractivity contribution is 9.10. The van der Waals surface area contributed by atoms with Gasteiger partial charge in [-0.3, -0.25) is 19.6 Å². The molecule has 1 amide bonds. The van der Waals surface area contributed by atoms with Crippen LogP contribution in [0, 0.1) is 10.1 Å². The van der Waals surface area contributed by atoms with Crippen molar-refractivity contribution in [3.8, 4) is 0 Å². The fraction of sp³-hybridized carbons (Fsp3) is 0. The molecule has 0 aliphatic carbocycles. The Kier molecular flexibility index (Phi) is 5.95. The van der Waals surface area contributed by atoms with Crippen molar-refractivity contribution in [2.75, 3.05) is 10.0 Å². The van der Waals surface area contributed by atoms with E-state index in [0.29, 0.717) is 5.69 Å². The Bertz CT molecular complexity index is 1180. The first-order valence-electron chi connectivity index (χ1n) is 8.19. The normalized spacial score (nSPS) is 10.9. The third kappa shape index (κ3) is 5.18. The summed E-state index contributed by atoms with van der Waals surface area (Å²) < 4.78 is 28.5. The molecule has 0 atom stereocenters. The second kappa shape index (κ2) is 8.41. The lowest BCUT2D eigenvalue weighted by Gasteiger charge is -2.10. The molecule has 0 aliphatic heterocycles. The maximum absolute atomic E-state index is 12.6. The monoisotopic (exact) mass is 475 g/mol. The summed E-state index contributed by atoms with van der Waals surface area (Å²) in [6.07, 6.45) is 0. The molecule has 148 valence electrons. The van der Waals surface area contributed by atoms with Gasteiger partial charge in [0.25, 0.3) is 21.6 Å². The second-order valence-corrected chi connectivity index (χ2v) is 8.50. The topological polar surface area (TPSA) is 118 Å². The van der Waals surface area contributed by atoms with Crippen LogP contribution in [0.25, 0.3) is 0 Å². The molecule has 0 aromatic heterocycles. The fourth-order valence-electron chi connectivity index (χ4n) is 2.44. The van der Waals surface area contributed by atoms with E-state index in [1.54, 1.807) is 24.3 Å². The van der Waals surface area contributed by atoms with E-state index in [-0.39, 0.29) is 21.8 Å². The number of hydrogen-bond acceptors (Lipinski definition) is 5. The van der Waals surface area contributed by atoms with Gasteiger partial charge in [0.05, 0.1) is 9.82 Å². The van der Waals surface area contributed by atoms with E-state index >= 15 is 0 Å². The van der Waals surface area contributed by atoms with E-state index in [9.17, 15) is 23.3 Å². The molecule has 2 N–H and O–H groups in total. The SMILES string of the molecule is O=C(Nc1cccc(S(=O)(=O)Nc2ccc(Br)cc2)c1)c1cccc([N+](=O)[O-])c1. The number of non-ortho nitro benzene ring substituents is 1. The van der Waals surface area contributed by atoms with E-state index in [1.807, 2.05) is 0 Å². The number of nitro benzene ring substituents is 1. The van der Waals surface area contributed by atoms with Crippen LogP contribution in [0.1, 0.15) is 10.4 Å². The number of halogens is 1. The Morgan fingerprint density at radius 3 is 2.31 bits per heavy atom. The van der Waals surface area contributed by atoms with Crippen LogP contribution < -0.4 is 10.0 Å². The number of carbonyl (C=O) groups excluding carboxylic acids is 1. The zero-order valence-electron chi connectivity index (χ0n) is 14.7. The summed E-state index contributed by atoms with van der Waals surface area (Å²) in [6, 6.07) is 17.6. The number of benzene rings is 3. The second-order valence-electron chi connectivity index (χ2n) is 5.90. The van der Waals surface area contributed by atoms with Gasteiger partial charge >= 0.3 is 0 Å². The van der Waals surface area contributed by atoms with Crippen molar-refractivity contribution in [3.63, 3.8) is 0 Å². The lowest BCUT2D eigenvalue weighted by atomic mass is 10.2. The zero-order chi connectivity index (χ0) is 21.0. The quantitative estimate of drug-likeness (QED) is 0.404. The van der Waals surface area contributed by atoms with Crippen LogP contribution in [0.2, 0.25) is 0 Å². The number of hydrogen-bond donors (Lipinski definition) is 2. The molecule has 0 radical (unpaired) electrons. The molecule has 0 fully saturated rings. The third-order valence-corrected chi connectivity index (χ3v) is 5.73. The summed E-state index contributed by atoms with van der Waals surface area (Å²) in [5.41, 5.74) is 0.493. The summed E-state index contributed by atoms with van der Waals surface area (Å²) in [4.78, 5) is 22.6. The van der Waals surface area contributed by atoms with Crippen molar-refractivity contribution in [2.45, 2.75) is 4.90 Å². The van der Waals surface area contributed by atoms with E-state index in [1.165, 1.54) is 42.5 Å². The van der Waals surface area contributed by atoms with Gasteiger partial charge in [0.1, 0.15) is 0 Å². The molecule has 3 rings (SSSR count). The minimum atomic E-state index is -3.87. The van der Waals surface area contributed by atoms with Crippen LogP contribution >= 0.6 is 15.9 Å². The molecule has 0 aliphatic rings. The molecular weight excluding hydrogens is 462 g/mol. The van der Waals surface area contributed by atoms with Gasteiger partial charge in [-0.2, -0.15) is 0 Å². The fourth-order valence-corrected chi connectivity index (χ4v) is 3.81. The molecule has 0 bridgehead atoms. The van der Waals surface area contributed by atoms with Crippen molar-refractivity contribution < 1.29 is 18.1 Å². The highest BCUT2D eigenvalue weighted by Crippen LogP contribution is 2.22. The molecule has 29 heavy (non-hydrogen) atoms. The Hall–Kier alpha value is -3.24. The van der Waals surface area contributed by atoms with Gasteiger partial charge in [-0.15, -0.1) is 0 Å². The molecule has 0 spiro atoms. The number of carbonyl (C=O) groups is 1. The van der Waals surface area contributed by atoms with E-state index in [2.05, 4.69) is 26.0 Å². The molecule has 0 heterocycles. The van der Waals surface area contributed by atoms with E-state index in [4.69, 9.17) is 0 Å². The van der Waals surface area contributed by atoms with E-state index in [0.717, 1.165) is 10.5 Å². The van der Waals surface area contributed by atoms with Crippen molar-refractivity contribution >= 4 is 48.9 Å². The number of sulfonamides is 1. The third-order valence-electron chi connectivity index (χ3n) is 3.82. The van der Waals surface area contributed by atoms with Crippen LogP contribution in [0.5, 0.6) is 0 Å². The zero-order valence-corrected chi connectivity index (χ0v) is 17.1. The van der Waals surface area contributed by atoms with Crippen molar-refractivity contribution in [2.24, 2.45) is 0 Å². The molecule has 10 heteroatoms. The summed E-state index contributed by atoms with van der Waals surface area (Å²) in [7, 11) is -3.87. The highest BCUT2D eigenvalue weighted by Gasteiger charge is 2.16.